The second kappa shape index (κ2) is 7.77. The number of carbonyl (C=O) groups is 1. The molecule has 0 amide bonds. The van der Waals surface area contributed by atoms with E-state index >= 15 is 0 Å². The first-order valence-electron chi connectivity index (χ1n) is 7.35. The Hall–Kier alpha value is -0.900. The molecule has 1 aliphatic rings. The van der Waals surface area contributed by atoms with Crippen molar-refractivity contribution in [3.8, 4) is 0 Å². The summed E-state index contributed by atoms with van der Waals surface area (Å²) in [4.78, 5) is 16.8. The number of hydrogen-bond donors (Lipinski definition) is 0. The Morgan fingerprint density at radius 3 is 2.75 bits per heavy atom. The van der Waals surface area contributed by atoms with Crippen LogP contribution in [0.3, 0.4) is 0 Å². The zero-order chi connectivity index (χ0) is 14.4. The Morgan fingerprint density at radius 1 is 1.30 bits per heavy atom. The molecule has 1 heterocycles. The monoisotopic (exact) mass is 294 g/mol. The summed E-state index contributed by atoms with van der Waals surface area (Å²) in [5.41, 5.74) is 0.713. The van der Waals surface area contributed by atoms with Crippen LogP contribution in [-0.2, 0) is 0 Å². The van der Waals surface area contributed by atoms with Gasteiger partial charge in [0.2, 0.25) is 0 Å². The zero-order valence-electron chi connectivity index (χ0n) is 12.1. The van der Waals surface area contributed by atoms with Gasteiger partial charge in [-0.1, -0.05) is 23.7 Å². The molecule has 110 valence electrons. The van der Waals surface area contributed by atoms with Crippen molar-refractivity contribution in [2.24, 2.45) is 0 Å². The van der Waals surface area contributed by atoms with Gasteiger partial charge in [0.05, 0.1) is 0 Å². The molecular formula is C16H23ClN2O. The van der Waals surface area contributed by atoms with Gasteiger partial charge in [0, 0.05) is 36.6 Å². The Labute approximate surface area is 126 Å². The van der Waals surface area contributed by atoms with Crippen LogP contribution in [0.5, 0.6) is 0 Å². The molecule has 0 unspecified atom stereocenters. The van der Waals surface area contributed by atoms with Crippen LogP contribution in [0.25, 0.3) is 0 Å². The fraction of sp³-hybridized carbons (Fsp3) is 0.562. The van der Waals surface area contributed by atoms with Gasteiger partial charge in [0.1, 0.15) is 0 Å². The molecule has 1 aromatic rings. The van der Waals surface area contributed by atoms with E-state index in [0.717, 1.165) is 19.6 Å². The molecule has 4 heteroatoms. The normalized spacial score (nSPS) is 15.9. The molecule has 1 aliphatic heterocycles. The van der Waals surface area contributed by atoms with Crippen LogP contribution in [-0.4, -0.2) is 55.4 Å². The summed E-state index contributed by atoms with van der Waals surface area (Å²) in [5, 5.41) is 0.623. The average molecular weight is 295 g/mol. The number of Topliss-reactive ketones (excluding diaryl/α,β-unsaturated/α-hetero) is 1. The lowest BCUT2D eigenvalue weighted by Gasteiger charge is -2.20. The molecule has 1 aromatic carbocycles. The van der Waals surface area contributed by atoms with Crippen LogP contribution in [0.2, 0.25) is 5.02 Å². The minimum atomic E-state index is 0.167. The van der Waals surface area contributed by atoms with Crippen molar-refractivity contribution in [2.45, 2.75) is 19.3 Å². The fourth-order valence-corrected chi connectivity index (χ4v) is 2.72. The summed E-state index contributed by atoms with van der Waals surface area (Å²) in [7, 11) is 2.08. The highest BCUT2D eigenvalue weighted by Crippen LogP contribution is 2.12. The third-order valence-electron chi connectivity index (χ3n) is 3.86. The van der Waals surface area contributed by atoms with E-state index in [4.69, 9.17) is 11.6 Å². The first-order valence-corrected chi connectivity index (χ1v) is 7.72. The Kier molecular flexibility index (Phi) is 6.02. The lowest BCUT2D eigenvalue weighted by molar-refractivity contribution is 0.0967. The molecule has 3 nitrogen and oxygen atoms in total. The standard InChI is InChI=1S/C16H23ClN2O/c1-18(11-12-19-8-2-3-9-19)10-7-16(20)14-5-4-6-15(17)13-14/h4-6,13H,2-3,7-12H2,1H3. The van der Waals surface area contributed by atoms with E-state index in [0.29, 0.717) is 17.0 Å². The van der Waals surface area contributed by atoms with Crippen molar-refractivity contribution in [2.75, 3.05) is 39.8 Å². The van der Waals surface area contributed by atoms with Crippen molar-refractivity contribution in [1.82, 2.24) is 9.80 Å². The van der Waals surface area contributed by atoms with E-state index in [-0.39, 0.29) is 5.78 Å². The van der Waals surface area contributed by atoms with Gasteiger partial charge in [-0.2, -0.15) is 0 Å². The van der Waals surface area contributed by atoms with Gasteiger partial charge >= 0.3 is 0 Å². The van der Waals surface area contributed by atoms with E-state index in [1.54, 1.807) is 12.1 Å². The lowest BCUT2D eigenvalue weighted by Crippen LogP contribution is -2.32. The lowest BCUT2D eigenvalue weighted by atomic mass is 10.1. The minimum Gasteiger partial charge on any atom is -0.305 e. The highest BCUT2D eigenvalue weighted by atomic mass is 35.5. The molecule has 0 aromatic heterocycles. The number of carbonyl (C=O) groups excluding carboxylic acids is 1. The molecule has 0 radical (unpaired) electrons. The highest BCUT2D eigenvalue weighted by molar-refractivity contribution is 6.31. The van der Waals surface area contributed by atoms with Crippen molar-refractivity contribution >= 4 is 17.4 Å². The summed E-state index contributed by atoms with van der Waals surface area (Å²) >= 11 is 5.91. The molecule has 0 saturated carbocycles. The van der Waals surface area contributed by atoms with Crippen molar-refractivity contribution in [1.29, 1.82) is 0 Å². The average Bonchev–Trinajstić information content (AvgIpc) is 2.95. The van der Waals surface area contributed by atoms with Crippen LogP contribution in [0.4, 0.5) is 0 Å². The predicted octanol–water partition coefficient (Wildman–Crippen LogP) is 2.94. The Bertz CT molecular complexity index is 444. The van der Waals surface area contributed by atoms with Gasteiger partial charge in [-0.25, -0.2) is 0 Å². The van der Waals surface area contributed by atoms with E-state index < -0.39 is 0 Å². The SMILES string of the molecule is CN(CCC(=O)c1cccc(Cl)c1)CCN1CCCC1. The number of hydrogen-bond acceptors (Lipinski definition) is 3. The molecule has 0 aliphatic carbocycles. The zero-order valence-corrected chi connectivity index (χ0v) is 12.9. The number of ketones is 1. The van der Waals surface area contributed by atoms with Crippen LogP contribution >= 0.6 is 11.6 Å². The maximum atomic E-state index is 12.1. The van der Waals surface area contributed by atoms with Gasteiger partial charge in [-0.3, -0.25) is 4.79 Å². The second-order valence-corrected chi connectivity index (χ2v) is 5.97. The summed E-state index contributed by atoms with van der Waals surface area (Å²) < 4.78 is 0. The molecule has 2 rings (SSSR count). The van der Waals surface area contributed by atoms with Crippen molar-refractivity contribution < 1.29 is 4.79 Å². The maximum Gasteiger partial charge on any atom is 0.164 e. The third-order valence-corrected chi connectivity index (χ3v) is 4.10. The number of likely N-dealkylation sites (N-methyl/N-ethyl adjacent to an activating group) is 1. The maximum absolute atomic E-state index is 12.1. The number of halogens is 1. The number of rotatable bonds is 7. The van der Waals surface area contributed by atoms with Crippen LogP contribution < -0.4 is 0 Å². The molecular weight excluding hydrogens is 272 g/mol. The predicted molar refractivity (Wildman–Crippen MR) is 83.6 cm³/mol. The molecule has 1 saturated heterocycles. The Morgan fingerprint density at radius 2 is 2.05 bits per heavy atom. The molecule has 0 N–H and O–H groups in total. The topological polar surface area (TPSA) is 23.6 Å². The van der Waals surface area contributed by atoms with Crippen molar-refractivity contribution in [3.05, 3.63) is 34.9 Å². The molecule has 0 spiro atoms. The van der Waals surface area contributed by atoms with Gasteiger partial charge in [-0.15, -0.1) is 0 Å². The second-order valence-electron chi connectivity index (χ2n) is 5.54. The number of likely N-dealkylation sites (tertiary alicyclic amines) is 1. The van der Waals surface area contributed by atoms with E-state index in [9.17, 15) is 4.79 Å². The van der Waals surface area contributed by atoms with Gasteiger partial charge < -0.3 is 9.80 Å². The van der Waals surface area contributed by atoms with E-state index in [2.05, 4.69) is 16.8 Å². The molecule has 1 fully saturated rings. The van der Waals surface area contributed by atoms with Crippen LogP contribution in [0.1, 0.15) is 29.6 Å². The molecule has 0 atom stereocenters. The summed E-state index contributed by atoms with van der Waals surface area (Å²) in [6, 6.07) is 7.19. The van der Waals surface area contributed by atoms with Crippen LogP contribution in [0, 0.1) is 0 Å². The summed E-state index contributed by atoms with van der Waals surface area (Å²) in [5.74, 6) is 0.167. The fourth-order valence-electron chi connectivity index (χ4n) is 2.53. The number of nitrogens with zero attached hydrogens (tertiary/aromatic N) is 2. The third kappa shape index (κ3) is 4.89. The van der Waals surface area contributed by atoms with Crippen LogP contribution in [0.15, 0.2) is 24.3 Å². The van der Waals surface area contributed by atoms with Crippen molar-refractivity contribution in [3.63, 3.8) is 0 Å². The summed E-state index contributed by atoms with van der Waals surface area (Å²) in [6.07, 6.45) is 3.21. The van der Waals surface area contributed by atoms with E-state index in [1.165, 1.54) is 25.9 Å². The van der Waals surface area contributed by atoms with E-state index in [1.807, 2.05) is 12.1 Å². The van der Waals surface area contributed by atoms with Gasteiger partial charge in [0.25, 0.3) is 0 Å². The Balaban J connectivity index is 1.69. The molecule has 0 bridgehead atoms. The first-order chi connectivity index (χ1) is 9.65. The smallest absolute Gasteiger partial charge is 0.164 e. The molecule has 20 heavy (non-hydrogen) atoms. The van der Waals surface area contributed by atoms with Gasteiger partial charge in [0.15, 0.2) is 5.78 Å². The minimum absolute atomic E-state index is 0.167. The quantitative estimate of drug-likeness (QED) is 0.723. The highest BCUT2D eigenvalue weighted by Gasteiger charge is 2.12. The largest absolute Gasteiger partial charge is 0.305 e. The first kappa shape index (κ1) is 15.5. The number of benzene rings is 1. The van der Waals surface area contributed by atoms with Gasteiger partial charge in [-0.05, 0) is 45.1 Å². The summed E-state index contributed by atoms with van der Waals surface area (Å²) in [6.45, 7) is 5.41.